The smallest absolute Gasteiger partial charge is 0.356 e. The van der Waals surface area contributed by atoms with Crippen molar-refractivity contribution in [1.29, 1.82) is 5.41 Å². The molecule has 0 aliphatic rings. The normalized spacial score (nSPS) is 9.53. The highest BCUT2D eigenvalue weighted by atomic mass is 16.5. The number of ether oxygens (including phenoxy) is 2. The fraction of sp³-hybridized carbons (Fsp3) is 0.250. The van der Waals surface area contributed by atoms with Crippen LogP contribution in [0.1, 0.15) is 22.8 Å². The molecule has 0 spiro atoms. The molecule has 1 rings (SSSR count). The standard InChI is InChI=1S/C12H13NO4/c1-3-17-12(15)10(13)8-4-6-9(7-5-8)11(14)16-2/h4-7,13H,3H2,1-2H3. The number of nitrogens with one attached hydrogen (secondary N) is 1. The highest BCUT2D eigenvalue weighted by Gasteiger charge is 2.13. The van der Waals surface area contributed by atoms with Crippen molar-refractivity contribution in [3.8, 4) is 0 Å². The lowest BCUT2D eigenvalue weighted by atomic mass is 10.1. The minimum absolute atomic E-state index is 0.224. The molecule has 1 N–H and O–H groups in total. The van der Waals surface area contributed by atoms with Gasteiger partial charge in [0.2, 0.25) is 0 Å². The molecule has 0 aromatic heterocycles. The second-order valence-corrected chi connectivity index (χ2v) is 3.16. The maximum atomic E-state index is 11.3. The molecule has 0 saturated heterocycles. The summed E-state index contributed by atoms with van der Waals surface area (Å²) >= 11 is 0. The zero-order valence-corrected chi connectivity index (χ0v) is 9.65. The van der Waals surface area contributed by atoms with Gasteiger partial charge in [-0.15, -0.1) is 0 Å². The molecule has 17 heavy (non-hydrogen) atoms. The van der Waals surface area contributed by atoms with E-state index >= 15 is 0 Å². The van der Waals surface area contributed by atoms with Gasteiger partial charge in [-0.1, -0.05) is 12.1 Å². The first-order valence-electron chi connectivity index (χ1n) is 5.04. The molecule has 0 aliphatic heterocycles. The van der Waals surface area contributed by atoms with E-state index in [1.54, 1.807) is 6.92 Å². The van der Waals surface area contributed by atoms with Crippen molar-refractivity contribution >= 4 is 17.7 Å². The van der Waals surface area contributed by atoms with Crippen LogP contribution >= 0.6 is 0 Å². The molecular formula is C12H13NO4. The van der Waals surface area contributed by atoms with E-state index in [-0.39, 0.29) is 12.3 Å². The average Bonchev–Trinajstić information content (AvgIpc) is 2.37. The zero-order chi connectivity index (χ0) is 12.8. The number of hydrogen-bond acceptors (Lipinski definition) is 5. The van der Waals surface area contributed by atoms with Crippen LogP contribution in [-0.4, -0.2) is 31.4 Å². The van der Waals surface area contributed by atoms with Crippen molar-refractivity contribution in [2.45, 2.75) is 6.92 Å². The quantitative estimate of drug-likeness (QED) is 0.632. The summed E-state index contributed by atoms with van der Waals surface area (Å²) in [5, 5.41) is 7.57. The Hall–Kier alpha value is -2.17. The maximum absolute atomic E-state index is 11.3. The molecule has 1 aromatic carbocycles. The van der Waals surface area contributed by atoms with Crippen LogP contribution in [0.25, 0.3) is 0 Å². The monoisotopic (exact) mass is 235 g/mol. The average molecular weight is 235 g/mol. The van der Waals surface area contributed by atoms with E-state index in [0.717, 1.165) is 0 Å². The lowest BCUT2D eigenvalue weighted by Gasteiger charge is -2.04. The Bertz CT molecular complexity index is 436. The van der Waals surface area contributed by atoms with Gasteiger partial charge in [0.1, 0.15) is 5.71 Å². The van der Waals surface area contributed by atoms with Crippen LogP contribution in [0.4, 0.5) is 0 Å². The minimum Gasteiger partial charge on any atom is -0.465 e. The topological polar surface area (TPSA) is 76.5 Å². The van der Waals surface area contributed by atoms with Crippen molar-refractivity contribution in [2.24, 2.45) is 0 Å². The number of methoxy groups -OCH3 is 1. The first kappa shape index (κ1) is 12.9. The second-order valence-electron chi connectivity index (χ2n) is 3.16. The highest BCUT2D eigenvalue weighted by molar-refractivity contribution is 6.41. The van der Waals surface area contributed by atoms with E-state index in [2.05, 4.69) is 4.74 Å². The van der Waals surface area contributed by atoms with E-state index in [1.165, 1.54) is 31.4 Å². The zero-order valence-electron chi connectivity index (χ0n) is 9.65. The summed E-state index contributed by atoms with van der Waals surface area (Å²) in [6, 6.07) is 6.00. The van der Waals surface area contributed by atoms with Gasteiger partial charge in [0.15, 0.2) is 0 Å². The Morgan fingerprint density at radius 1 is 1.18 bits per heavy atom. The van der Waals surface area contributed by atoms with Crippen LogP contribution in [0.5, 0.6) is 0 Å². The third-order valence-electron chi connectivity index (χ3n) is 2.07. The first-order chi connectivity index (χ1) is 8.10. The van der Waals surface area contributed by atoms with Crippen molar-refractivity contribution in [1.82, 2.24) is 0 Å². The van der Waals surface area contributed by atoms with Crippen LogP contribution in [0.15, 0.2) is 24.3 Å². The maximum Gasteiger partial charge on any atom is 0.356 e. The largest absolute Gasteiger partial charge is 0.465 e. The first-order valence-corrected chi connectivity index (χ1v) is 5.04. The molecule has 0 radical (unpaired) electrons. The molecule has 0 fully saturated rings. The van der Waals surface area contributed by atoms with Gasteiger partial charge in [0, 0.05) is 5.56 Å². The summed E-state index contributed by atoms with van der Waals surface area (Å²) in [5.41, 5.74) is 0.535. The Kier molecular flexibility index (Phi) is 4.39. The van der Waals surface area contributed by atoms with Gasteiger partial charge in [-0.2, -0.15) is 0 Å². The summed E-state index contributed by atoms with van der Waals surface area (Å²) < 4.78 is 9.24. The number of carbonyl (C=O) groups excluding carboxylic acids is 2. The molecule has 0 saturated carbocycles. The summed E-state index contributed by atoms with van der Waals surface area (Å²) in [6.45, 7) is 1.90. The van der Waals surface area contributed by atoms with Gasteiger partial charge in [0.05, 0.1) is 19.3 Å². The Morgan fingerprint density at radius 2 is 1.71 bits per heavy atom. The molecular weight excluding hydrogens is 222 g/mol. The number of carbonyl (C=O) groups is 2. The van der Waals surface area contributed by atoms with E-state index < -0.39 is 11.9 Å². The van der Waals surface area contributed by atoms with Gasteiger partial charge in [-0.05, 0) is 19.1 Å². The molecule has 5 heteroatoms. The number of esters is 2. The Labute approximate surface area is 98.9 Å². The molecule has 0 aliphatic carbocycles. The summed E-state index contributed by atoms with van der Waals surface area (Å²) in [6.07, 6.45) is 0. The molecule has 0 heterocycles. The van der Waals surface area contributed by atoms with Gasteiger partial charge in [-0.25, -0.2) is 9.59 Å². The predicted molar refractivity (Wildman–Crippen MR) is 61.2 cm³/mol. The third-order valence-corrected chi connectivity index (χ3v) is 2.07. The van der Waals surface area contributed by atoms with Crippen molar-refractivity contribution in [3.05, 3.63) is 35.4 Å². The van der Waals surface area contributed by atoms with Crippen LogP contribution in [-0.2, 0) is 14.3 Å². The van der Waals surface area contributed by atoms with Crippen molar-refractivity contribution < 1.29 is 19.1 Å². The fourth-order valence-electron chi connectivity index (χ4n) is 1.21. The number of rotatable bonds is 4. The van der Waals surface area contributed by atoms with E-state index in [1.807, 2.05) is 0 Å². The van der Waals surface area contributed by atoms with E-state index in [0.29, 0.717) is 11.1 Å². The molecule has 0 unspecified atom stereocenters. The molecule has 1 aromatic rings. The molecule has 5 nitrogen and oxygen atoms in total. The Balaban J connectivity index is 2.84. The van der Waals surface area contributed by atoms with Crippen LogP contribution in [0.2, 0.25) is 0 Å². The van der Waals surface area contributed by atoms with Crippen LogP contribution < -0.4 is 0 Å². The van der Waals surface area contributed by atoms with Gasteiger partial charge in [-0.3, -0.25) is 5.41 Å². The lowest BCUT2D eigenvalue weighted by Crippen LogP contribution is -2.17. The lowest BCUT2D eigenvalue weighted by molar-refractivity contribution is -0.135. The molecule has 0 bridgehead atoms. The fourth-order valence-corrected chi connectivity index (χ4v) is 1.21. The molecule has 0 atom stereocenters. The van der Waals surface area contributed by atoms with Crippen LogP contribution in [0.3, 0.4) is 0 Å². The van der Waals surface area contributed by atoms with Gasteiger partial charge < -0.3 is 9.47 Å². The Morgan fingerprint density at radius 3 is 2.18 bits per heavy atom. The van der Waals surface area contributed by atoms with E-state index in [9.17, 15) is 9.59 Å². The summed E-state index contributed by atoms with van der Waals surface area (Å²) in [7, 11) is 1.29. The highest BCUT2D eigenvalue weighted by Crippen LogP contribution is 2.07. The number of hydrogen-bond donors (Lipinski definition) is 1. The van der Waals surface area contributed by atoms with Crippen molar-refractivity contribution in [3.63, 3.8) is 0 Å². The summed E-state index contributed by atoms with van der Waals surface area (Å²) in [4.78, 5) is 22.4. The third kappa shape index (κ3) is 3.14. The number of benzene rings is 1. The second kappa shape index (κ2) is 5.79. The van der Waals surface area contributed by atoms with Crippen LogP contribution in [0, 0.1) is 5.41 Å². The predicted octanol–water partition coefficient (Wildman–Crippen LogP) is 1.40. The molecule has 90 valence electrons. The molecule has 0 amide bonds. The van der Waals surface area contributed by atoms with E-state index in [4.69, 9.17) is 10.1 Å². The summed E-state index contributed by atoms with van der Waals surface area (Å²) in [5.74, 6) is -1.14. The van der Waals surface area contributed by atoms with Gasteiger partial charge >= 0.3 is 11.9 Å². The van der Waals surface area contributed by atoms with Gasteiger partial charge in [0.25, 0.3) is 0 Å². The minimum atomic E-state index is -0.682. The van der Waals surface area contributed by atoms with Crippen molar-refractivity contribution in [2.75, 3.05) is 13.7 Å². The SMILES string of the molecule is CCOC(=O)C(=N)c1ccc(C(=O)OC)cc1.